The quantitative estimate of drug-likeness (QED) is 0.784. The van der Waals surface area contributed by atoms with Crippen molar-refractivity contribution in [1.29, 1.82) is 0 Å². The summed E-state index contributed by atoms with van der Waals surface area (Å²) in [5.74, 6) is 0.689. The number of nitrogens with two attached hydrogens (primary N) is 1. The maximum atomic E-state index is 12.5. The summed E-state index contributed by atoms with van der Waals surface area (Å²) in [5, 5.41) is 0. The minimum atomic E-state index is -0.183. The van der Waals surface area contributed by atoms with Crippen molar-refractivity contribution < 1.29 is 4.39 Å². The van der Waals surface area contributed by atoms with Gasteiger partial charge in [-0.25, -0.2) is 0 Å². The van der Waals surface area contributed by atoms with Crippen molar-refractivity contribution in [2.75, 3.05) is 6.67 Å². The van der Waals surface area contributed by atoms with E-state index in [9.17, 15) is 4.39 Å². The molecule has 1 saturated carbocycles. The van der Waals surface area contributed by atoms with Gasteiger partial charge in [-0.1, -0.05) is 24.3 Å². The molecular formula is C12H16FN. The van der Waals surface area contributed by atoms with Gasteiger partial charge >= 0.3 is 0 Å². The Labute approximate surface area is 84.1 Å². The van der Waals surface area contributed by atoms with Gasteiger partial charge < -0.3 is 5.73 Å². The number of halogens is 1. The van der Waals surface area contributed by atoms with Crippen LogP contribution in [0.15, 0.2) is 24.3 Å². The summed E-state index contributed by atoms with van der Waals surface area (Å²) in [6.07, 6.45) is 2.16. The van der Waals surface area contributed by atoms with Gasteiger partial charge in [0.15, 0.2) is 0 Å². The highest BCUT2D eigenvalue weighted by Gasteiger charge is 2.31. The van der Waals surface area contributed by atoms with Crippen LogP contribution in [0.2, 0.25) is 0 Å². The van der Waals surface area contributed by atoms with Crippen LogP contribution in [0.3, 0.4) is 0 Å². The van der Waals surface area contributed by atoms with Gasteiger partial charge in [0.05, 0.1) is 6.67 Å². The van der Waals surface area contributed by atoms with E-state index in [1.807, 2.05) is 12.1 Å². The standard InChI is InChI=1S/C12H16FN/c13-7-11-4-5-12(11)10-3-1-2-9(6-10)8-14/h1-3,6,11-12H,4-5,7-8,14H2. The molecule has 1 fully saturated rings. The van der Waals surface area contributed by atoms with E-state index < -0.39 is 0 Å². The van der Waals surface area contributed by atoms with E-state index in [4.69, 9.17) is 5.73 Å². The van der Waals surface area contributed by atoms with Crippen molar-refractivity contribution in [3.63, 3.8) is 0 Å². The molecule has 0 bridgehead atoms. The van der Waals surface area contributed by atoms with Crippen LogP contribution < -0.4 is 5.73 Å². The van der Waals surface area contributed by atoms with Gasteiger partial charge in [-0.3, -0.25) is 4.39 Å². The maximum absolute atomic E-state index is 12.5. The lowest BCUT2D eigenvalue weighted by atomic mass is 9.70. The lowest BCUT2D eigenvalue weighted by Gasteiger charge is -2.35. The molecule has 1 nitrogen and oxygen atoms in total. The number of rotatable bonds is 3. The Balaban J connectivity index is 2.15. The van der Waals surface area contributed by atoms with E-state index in [-0.39, 0.29) is 12.6 Å². The molecule has 1 aliphatic rings. The Morgan fingerprint density at radius 2 is 2.21 bits per heavy atom. The minimum absolute atomic E-state index is 0.183. The Morgan fingerprint density at radius 3 is 2.79 bits per heavy atom. The van der Waals surface area contributed by atoms with Crippen molar-refractivity contribution in [1.82, 2.24) is 0 Å². The average molecular weight is 193 g/mol. The van der Waals surface area contributed by atoms with E-state index in [1.54, 1.807) is 0 Å². The summed E-state index contributed by atoms with van der Waals surface area (Å²) < 4.78 is 12.5. The molecule has 1 aliphatic carbocycles. The second-order valence-corrected chi connectivity index (χ2v) is 4.05. The van der Waals surface area contributed by atoms with E-state index in [0.29, 0.717) is 12.5 Å². The van der Waals surface area contributed by atoms with Crippen LogP contribution >= 0.6 is 0 Å². The third-order valence-electron chi connectivity index (χ3n) is 3.23. The molecule has 76 valence electrons. The van der Waals surface area contributed by atoms with E-state index in [1.165, 1.54) is 5.56 Å². The highest BCUT2D eigenvalue weighted by molar-refractivity contribution is 5.28. The first kappa shape index (κ1) is 9.66. The number of benzene rings is 1. The Hall–Kier alpha value is -0.890. The zero-order valence-corrected chi connectivity index (χ0v) is 8.25. The van der Waals surface area contributed by atoms with Crippen LogP contribution in [0, 0.1) is 5.92 Å². The van der Waals surface area contributed by atoms with Gasteiger partial charge in [0.2, 0.25) is 0 Å². The molecule has 1 aromatic rings. The van der Waals surface area contributed by atoms with Crippen molar-refractivity contribution in [3.8, 4) is 0 Å². The number of hydrogen-bond donors (Lipinski definition) is 1. The molecule has 1 aromatic carbocycles. The largest absolute Gasteiger partial charge is 0.326 e. The number of alkyl halides is 1. The van der Waals surface area contributed by atoms with Gasteiger partial charge in [-0.2, -0.15) is 0 Å². The fourth-order valence-corrected chi connectivity index (χ4v) is 2.14. The zero-order valence-electron chi connectivity index (χ0n) is 8.25. The summed E-state index contributed by atoms with van der Waals surface area (Å²) >= 11 is 0. The first-order valence-corrected chi connectivity index (χ1v) is 5.20. The molecule has 2 N–H and O–H groups in total. The molecular weight excluding hydrogens is 177 g/mol. The van der Waals surface area contributed by atoms with Crippen molar-refractivity contribution in [3.05, 3.63) is 35.4 Å². The van der Waals surface area contributed by atoms with E-state index in [2.05, 4.69) is 12.1 Å². The summed E-state index contributed by atoms with van der Waals surface area (Å²) in [5.41, 5.74) is 7.98. The van der Waals surface area contributed by atoms with E-state index >= 15 is 0 Å². The highest BCUT2D eigenvalue weighted by Crippen LogP contribution is 2.42. The van der Waals surface area contributed by atoms with Gasteiger partial charge in [0.1, 0.15) is 0 Å². The molecule has 0 aromatic heterocycles. The van der Waals surface area contributed by atoms with Gasteiger partial charge in [-0.05, 0) is 35.8 Å². The summed E-state index contributed by atoms with van der Waals surface area (Å²) in [6, 6.07) is 8.25. The van der Waals surface area contributed by atoms with Crippen LogP contribution in [-0.2, 0) is 6.54 Å². The SMILES string of the molecule is NCc1cccc(C2CCC2CF)c1. The third-order valence-corrected chi connectivity index (χ3v) is 3.23. The average Bonchev–Trinajstić information content (AvgIpc) is 2.17. The maximum Gasteiger partial charge on any atom is 0.0928 e. The Morgan fingerprint density at radius 1 is 1.36 bits per heavy atom. The molecule has 0 saturated heterocycles. The molecule has 2 atom stereocenters. The van der Waals surface area contributed by atoms with Crippen LogP contribution in [0.4, 0.5) is 4.39 Å². The Bertz CT molecular complexity index is 309. The van der Waals surface area contributed by atoms with E-state index in [0.717, 1.165) is 18.4 Å². The molecule has 0 amide bonds. The second kappa shape index (κ2) is 4.09. The van der Waals surface area contributed by atoms with Crippen LogP contribution in [0.25, 0.3) is 0 Å². The molecule has 0 aliphatic heterocycles. The first-order valence-electron chi connectivity index (χ1n) is 5.20. The topological polar surface area (TPSA) is 26.0 Å². The Kier molecular flexibility index (Phi) is 2.82. The first-order chi connectivity index (χ1) is 6.85. The highest BCUT2D eigenvalue weighted by atomic mass is 19.1. The molecule has 0 radical (unpaired) electrons. The number of hydrogen-bond acceptors (Lipinski definition) is 1. The lowest BCUT2D eigenvalue weighted by Crippen LogP contribution is -2.25. The zero-order chi connectivity index (χ0) is 9.97. The molecule has 2 unspecified atom stereocenters. The second-order valence-electron chi connectivity index (χ2n) is 4.05. The summed E-state index contributed by atoms with van der Waals surface area (Å²) in [4.78, 5) is 0. The lowest BCUT2D eigenvalue weighted by molar-refractivity contribution is 0.200. The fourth-order valence-electron chi connectivity index (χ4n) is 2.14. The summed E-state index contributed by atoms with van der Waals surface area (Å²) in [7, 11) is 0. The van der Waals surface area contributed by atoms with Crippen molar-refractivity contribution in [2.24, 2.45) is 11.7 Å². The normalized spacial score (nSPS) is 25.9. The minimum Gasteiger partial charge on any atom is -0.326 e. The fraction of sp³-hybridized carbons (Fsp3) is 0.500. The molecule has 14 heavy (non-hydrogen) atoms. The monoisotopic (exact) mass is 193 g/mol. The van der Waals surface area contributed by atoms with Gasteiger partial charge in [0.25, 0.3) is 0 Å². The molecule has 2 heteroatoms. The molecule has 0 heterocycles. The van der Waals surface area contributed by atoms with Gasteiger partial charge in [0, 0.05) is 6.54 Å². The van der Waals surface area contributed by atoms with Gasteiger partial charge in [-0.15, -0.1) is 0 Å². The predicted octanol–water partition coefficient (Wildman–Crippen LogP) is 2.61. The third kappa shape index (κ3) is 1.67. The van der Waals surface area contributed by atoms with Crippen molar-refractivity contribution >= 4 is 0 Å². The van der Waals surface area contributed by atoms with Crippen LogP contribution in [-0.4, -0.2) is 6.67 Å². The molecule has 0 spiro atoms. The predicted molar refractivity (Wildman–Crippen MR) is 55.8 cm³/mol. The van der Waals surface area contributed by atoms with Crippen LogP contribution in [0.5, 0.6) is 0 Å². The summed E-state index contributed by atoms with van der Waals surface area (Å²) in [6.45, 7) is 0.387. The van der Waals surface area contributed by atoms with Crippen LogP contribution in [0.1, 0.15) is 29.9 Å². The molecule has 2 rings (SSSR count). The smallest absolute Gasteiger partial charge is 0.0928 e. The van der Waals surface area contributed by atoms with Crippen molar-refractivity contribution in [2.45, 2.75) is 25.3 Å².